The lowest BCUT2D eigenvalue weighted by atomic mass is 9.93. The molecule has 1 aliphatic heterocycles. The van der Waals surface area contributed by atoms with E-state index in [2.05, 4.69) is 22.5 Å². The number of piperidine rings is 1. The van der Waals surface area contributed by atoms with E-state index in [1.54, 1.807) is 17.9 Å². The molecule has 2 aromatic rings. The van der Waals surface area contributed by atoms with Gasteiger partial charge in [0.2, 0.25) is 5.91 Å². The van der Waals surface area contributed by atoms with Crippen molar-refractivity contribution in [3.63, 3.8) is 0 Å². The van der Waals surface area contributed by atoms with Crippen molar-refractivity contribution in [2.75, 3.05) is 22.9 Å². The smallest absolute Gasteiger partial charge is 0.313 e. The minimum absolute atomic E-state index is 0.143. The van der Waals surface area contributed by atoms with E-state index in [1.807, 2.05) is 12.1 Å². The highest BCUT2D eigenvalue weighted by atomic mass is 32.1. The molecule has 0 aromatic carbocycles. The second-order valence-corrected chi connectivity index (χ2v) is 8.53. The summed E-state index contributed by atoms with van der Waals surface area (Å²) in [6.45, 7) is 5.81. The second-order valence-electron chi connectivity index (χ2n) is 7.42. The van der Waals surface area contributed by atoms with E-state index in [4.69, 9.17) is 5.73 Å². The van der Waals surface area contributed by atoms with Crippen molar-refractivity contribution < 1.29 is 14.4 Å². The van der Waals surface area contributed by atoms with E-state index in [0.717, 1.165) is 28.3 Å². The van der Waals surface area contributed by atoms with Gasteiger partial charge in [-0.2, -0.15) is 0 Å². The first-order valence-electron chi connectivity index (χ1n) is 9.46. The zero-order chi connectivity index (χ0) is 21.1. The number of pyridine rings is 1. The minimum Gasteiger partial charge on any atom is -0.383 e. The number of nitrogen functional groups attached to an aromatic ring is 1. The Morgan fingerprint density at radius 2 is 2.00 bits per heavy atom. The van der Waals surface area contributed by atoms with Crippen LogP contribution >= 0.6 is 11.3 Å². The summed E-state index contributed by atoms with van der Waals surface area (Å²) < 4.78 is 0. The van der Waals surface area contributed by atoms with Crippen LogP contribution in [0.2, 0.25) is 0 Å². The molecule has 0 bridgehead atoms. The van der Waals surface area contributed by atoms with E-state index < -0.39 is 11.8 Å². The number of aryl methyl sites for hydroxylation is 1. The highest BCUT2D eigenvalue weighted by Crippen LogP contribution is 2.38. The predicted octanol–water partition coefficient (Wildman–Crippen LogP) is 2.93. The molecule has 0 unspecified atom stereocenters. The van der Waals surface area contributed by atoms with Gasteiger partial charge in [0.1, 0.15) is 5.82 Å². The SMILES string of the molecule is CC(=O)Nc1ccc([C@H]2CC[C@H](C)CN2C(=O)C(=O)Nc2cnc(N)c(C)c2)s1. The maximum atomic E-state index is 13.0. The molecular weight excluding hydrogens is 390 g/mol. The molecule has 8 nitrogen and oxygen atoms in total. The van der Waals surface area contributed by atoms with Crippen LogP contribution in [0.1, 0.15) is 43.2 Å². The van der Waals surface area contributed by atoms with Crippen molar-refractivity contribution >= 4 is 45.6 Å². The highest BCUT2D eigenvalue weighted by molar-refractivity contribution is 7.16. The fourth-order valence-corrected chi connectivity index (χ4v) is 4.52. The third-order valence-electron chi connectivity index (χ3n) is 4.90. The monoisotopic (exact) mass is 415 g/mol. The summed E-state index contributed by atoms with van der Waals surface area (Å²) in [4.78, 5) is 43.5. The molecule has 4 N–H and O–H groups in total. The van der Waals surface area contributed by atoms with Gasteiger partial charge in [-0.1, -0.05) is 6.92 Å². The molecule has 154 valence electrons. The van der Waals surface area contributed by atoms with E-state index >= 15 is 0 Å². The first kappa shape index (κ1) is 20.8. The van der Waals surface area contributed by atoms with Gasteiger partial charge >= 0.3 is 11.8 Å². The lowest BCUT2D eigenvalue weighted by Gasteiger charge is -2.37. The number of nitrogens with zero attached hydrogens (tertiary/aromatic N) is 2. The van der Waals surface area contributed by atoms with Crippen LogP contribution in [0, 0.1) is 12.8 Å². The molecule has 2 atom stereocenters. The topological polar surface area (TPSA) is 117 Å². The number of carbonyl (C=O) groups is 3. The molecule has 0 saturated carbocycles. The Balaban J connectivity index is 1.77. The van der Waals surface area contributed by atoms with E-state index in [-0.39, 0.29) is 11.9 Å². The number of carbonyl (C=O) groups excluding carboxylic acids is 3. The summed E-state index contributed by atoms with van der Waals surface area (Å²) in [5.74, 6) is -0.736. The van der Waals surface area contributed by atoms with E-state index in [0.29, 0.717) is 24.0 Å². The van der Waals surface area contributed by atoms with Crippen molar-refractivity contribution in [2.24, 2.45) is 5.92 Å². The largest absolute Gasteiger partial charge is 0.383 e. The van der Waals surface area contributed by atoms with Gasteiger partial charge in [0, 0.05) is 18.3 Å². The summed E-state index contributed by atoms with van der Waals surface area (Å²) in [6, 6.07) is 5.22. The minimum atomic E-state index is -0.700. The molecular formula is C20H25N5O3S. The maximum absolute atomic E-state index is 13.0. The molecule has 2 aromatic heterocycles. The Morgan fingerprint density at radius 3 is 2.69 bits per heavy atom. The van der Waals surface area contributed by atoms with Crippen LogP contribution in [0.15, 0.2) is 24.4 Å². The van der Waals surface area contributed by atoms with Gasteiger partial charge in [0.25, 0.3) is 0 Å². The lowest BCUT2D eigenvalue weighted by Crippen LogP contribution is -2.46. The fraction of sp³-hybridized carbons (Fsp3) is 0.400. The van der Waals surface area contributed by atoms with Crippen LogP contribution in [-0.2, 0) is 14.4 Å². The normalized spacial score (nSPS) is 18.9. The zero-order valence-electron chi connectivity index (χ0n) is 16.7. The number of hydrogen-bond acceptors (Lipinski definition) is 6. The third-order valence-corrected chi connectivity index (χ3v) is 6.01. The summed E-state index contributed by atoms with van der Waals surface area (Å²) in [7, 11) is 0. The van der Waals surface area contributed by atoms with Gasteiger partial charge < -0.3 is 21.3 Å². The maximum Gasteiger partial charge on any atom is 0.313 e. The third kappa shape index (κ3) is 4.92. The van der Waals surface area contributed by atoms with Crippen molar-refractivity contribution in [1.29, 1.82) is 0 Å². The van der Waals surface area contributed by atoms with Crippen LogP contribution in [0.3, 0.4) is 0 Å². The molecule has 3 heterocycles. The van der Waals surface area contributed by atoms with Crippen molar-refractivity contribution in [3.8, 4) is 0 Å². The number of aromatic nitrogens is 1. The molecule has 0 aliphatic carbocycles. The highest BCUT2D eigenvalue weighted by Gasteiger charge is 2.35. The van der Waals surface area contributed by atoms with Gasteiger partial charge in [-0.15, -0.1) is 11.3 Å². The van der Waals surface area contributed by atoms with Crippen LogP contribution in [0.25, 0.3) is 0 Å². The van der Waals surface area contributed by atoms with Crippen LogP contribution in [0.5, 0.6) is 0 Å². The molecule has 3 amide bonds. The van der Waals surface area contributed by atoms with Crippen LogP contribution < -0.4 is 16.4 Å². The van der Waals surface area contributed by atoms with Gasteiger partial charge in [-0.25, -0.2) is 4.98 Å². The molecule has 1 saturated heterocycles. The van der Waals surface area contributed by atoms with E-state index in [9.17, 15) is 14.4 Å². The summed E-state index contributed by atoms with van der Waals surface area (Å²) in [5, 5.41) is 6.11. The number of hydrogen-bond donors (Lipinski definition) is 3. The van der Waals surface area contributed by atoms with Gasteiger partial charge in [-0.3, -0.25) is 14.4 Å². The number of amides is 3. The molecule has 1 aliphatic rings. The Hall–Kier alpha value is -2.94. The quantitative estimate of drug-likeness (QED) is 0.666. The van der Waals surface area contributed by atoms with Crippen molar-refractivity contribution in [2.45, 2.75) is 39.7 Å². The van der Waals surface area contributed by atoms with Gasteiger partial charge in [0.05, 0.1) is 22.9 Å². The Morgan fingerprint density at radius 1 is 1.24 bits per heavy atom. The molecule has 1 fully saturated rings. The van der Waals surface area contributed by atoms with Gasteiger partial charge in [-0.05, 0) is 49.4 Å². The van der Waals surface area contributed by atoms with Crippen LogP contribution in [-0.4, -0.2) is 34.2 Å². The summed E-state index contributed by atoms with van der Waals surface area (Å²) >= 11 is 1.43. The number of likely N-dealkylation sites (tertiary alicyclic amines) is 1. The number of rotatable bonds is 3. The first-order chi connectivity index (χ1) is 13.7. The molecule has 3 rings (SSSR count). The number of nitrogens with one attached hydrogen (secondary N) is 2. The molecule has 9 heteroatoms. The van der Waals surface area contributed by atoms with Gasteiger partial charge in [0.15, 0.2) is 0 Å². The standard InChI is InChI=1S/C20H25N5O3S/c1-11-4-5-15(16-6-7-17(29-16)23-13(3)26)25(10-11)20(28)19(27)24-14-8-12(2)18(21)22-9-14/h6-9,11,15H,4-5,10H2,1-3H3,(H2,21,22)(H,23,26)(H,24,27)/t11-,15+/m0/s1. The van der Waals surface area contributed by atoms with Crippen molar-refractivity contribution in [3.05, 3.63) is 34.8 Å². The van der Waals surface area contributed by atoms with E-state index in [1.165, 1.54) is 24.5 Å². The fourth-order valence-electron chi connectivity index (χ4n) is 3.41. The lowest BCUT2D eigenvalue weighted by molar-refractivity contribution is -0.146. The summed E-state index contributed by atoms with van der Waals surface area (Å²) in [5.41, 5.74) is 6.86. The predicted molar refractivity (Wildman–Crippen MR) is 113 cm³/mol. The first-order valence-corrected chi connectivity index (χ1v) is 10.3. The Labute approximate surface area is 173 Å². The number of nitrogens with two attached hydrogens (primary N) is 1. The van der Waals surface area contributed by atoms with Crippen LogP contribution in [0.4, 0.5) is 16.5 Å². The molecule has 29 heavy (non-hydrogen) atoms. The second kappa shape index (κ2) is 8.60. The average Bonchev–Trinajstić information content (AvgIpc) is 3.11. The summed E-state index contributed by atoms with van der Waals surface area (Å²) in [6.07, 6.45) is 3.16. The Kier molecular flexibility index (Phi) is 6.17. The van der Waals surface area contributed by atoms with Crippen molar-refractivity contribution in [1.82, 2.24) is 9.88 Å². The number of anilines is 3. The number of thiophene rings is 1. The average molecular weight is 416 g/mol. The Bertz CT molecular complexity index is 942. The zero-order valence-corrected chi connectivity index (χ0v) is 17.5. The molecule has 0 radical (unpaired) electrons. The molecule has 0 spiro atoms.